The molecule has 2 N–H and O–H groups in total. The van der Waals surface area contributed by atoms with Gasteiger partial charge < -0.3 is 15.4 Å². The van der Waals surface area contributed by atoms with Gasteiger partial charge in [0.1, 0.15) is 0 Å². The summed E-state index contributed by atoms with van der Waals surface area (Å²) in [5.41, 5.74) is 2.67. The van der Waals surface area contributed by atoms with Crippen LogP contribution in [0.3, 0.4) is 0 Å². The van der Waals surface area contributed by atoms with Crippen molar-refractivity contribution in [1.82, 2.24) is 10.6 Å². The van der Waals surface area contributed by atoms with Gasteiger partial charge in [-0.05, 0) is 37.5 Å². The van der Waals surface area contributed by atoms with Gasteiger partial charge in [0.15, 0.2) is 5.96 Å². The summed E-state index contributed by atoms with van der Waals surface area (Å²) < 4.78 is 5.77. The molecule has 134 valence electrons. The number of rotatable bonds is 6. The van der Waals surface area contributed by atoms with Gasteiger partial charge in [-0.3, -0.25) is 4.99 Å². The smallest absolute Gasteiger partial charge is 0.191 e. The second-order valence-corrected chi connectivity index (χ2v) is 7.90. The van der Waals surface area contributed by atoms with Gasteiger partial charge in [-0.1, -0.05) is 36.8 Å². The molecule has 1 aromatic rings. The molecule has 0 radical (unpaired) electrons. The average molecular weight is 350 g/mol. The maximum atomic E-state index is 5.51. The molecule has 4 nitrogen and oxygen atoms in total. The maximum Gasteiger partial charge on any atom is 0.191 e. The van der Waals surface area contributed by atoms with Crippen molar-refractivity contribution in [1.29, 1.82) is 0 Å². The number of nitrogens with zero attached hydrogens (tertiary/aromatic N) is 1. The fourth-order valence-electron chi connectivity index (χ4n) is 3.01. The molecule has 0 aliphatic carbocycles. The van der Waals surface area contributed by atoms with E-state index in [-0.39, 0.29) is 4.75 Å². The molecule has 1 atom stereocenters. The summed E-state index contributed by atoms with van der Waals surface area (Å²) in [4.78, 5) is 4.37. The zero-order valence-electron chi connectivity index (χ0n) is 15.4. The Morgan fingerprint density at radius 2 is 2.08 bits per heavy atom. The highest BCUT2D eigenvalue weighted by molar-refractivity contribution is 8.00. The van der Waals surface area contributed by atoms with Crippen LogP contribution < -0.4 is 10.6 Å². The largest absolute Gasteiger partial charge is 0.381 e. The van der Waals surface area contributed by atoms with E-state index in [1.165, 1.54) is 11.1 Å². The molecule has 1 heterocycles. The van der Waals surface area contributed by atoms with Gasteiger partial charge in [0, 0.05) is 38.1 Å². The van der Waals surface area contributed by atoms with Gasteiger partial charge in [-0.25, -0.2) is 0 Å². The first-order chi connectivity index (χ1) is 11.6. The minimum atomic E-state index is 0.262. The first-order valence-electron chi connectivity index (χ1n) is 8.72. The van der Waals surface area contributed by atoms with Crippen LogP contribution in [-0.2, 0) is 4.74 Å². The van der Waals surface area contributed by atoms with E-state index >= 15 is 0 Å². The van der Waals surface area contributed by atoms with Crippen LogP contribution in [-0.4, -0.2) is 50.3 Å². The Labute approximate surface area is 150 Å². The molecule has 0 spiro atoms. The molecule has 0 saturated carbocycles. The molecule has 1 fully saturated rings. The highest BCUT2D eigenvalue weighted by atomic mass is 32.2. The van der Waals surface area contributed by atoms with Crippen LogP contribution in [0, 0.1) is 6.92 Å². The first kappa shape index (κ1) is 19.1. The minimum Gasteiger partial charge on any atom is -0.381 e. The Balaban J connectivity index is 1.84. The molecule has 1 aromatic carbocycles. The second kappa shape index (κ2) is 9.33. The lowest BCUT2D eigenvalue weighted by Gasteiger charge is -2.36. The number of ether oxygens (including phenoxy) is 1. The minimum absolute atomic E-state index is 0.262. The standard InChI is InChI=1S/C19H31N3OS/c1-15-6-5-7-17(12-15)16(2)13-21-18(20-3)22-14-19(24-4)8-10-23-11-9-19/h5-7,12,16H,8-11,13-14H2,1-4H3,(H2,20,21,22). The van der Waals surface area contributed by atoms with E-state index in [4.69, 9.17) is 4.74 Å². The van der Waals surface area contributed by atoms with Crippen LogP contribution in [0.5, 0.6) is 0 Å². The summed E-state index contributed by atoms with van der Waals surface area (Å²) in [5.74, 6) is 1.33. The van der Waals surface area contributed by atoms with E-state index in [0.29, 0.717) is 5.92 Å². The topological polar surface area (TPSA) is 45.7 Å². The predicted octanol–water partition coefficient (Wildman–Crippen LogP) is 3.18. The molecule has 0 bridgehead atoms. The summed E-state index contributed by atoms with van der Waals surface area (Å²) in [5, 5.41) is 6.98. The molecule has 0 amide bonds. The third-order valence-electron chi connectivity index (χ3n) is 4.83. The molecule has 1 aliphatic rings. The first-order valence-corrected chi connectivity index (χ1v) is 9.95. The van der Waals surface area contributed by atoms with E-state index < -0.39 is 0 Å². The molecule has 0 aromatic heterocycles. The normalized spacial score (nSPS) is 18.9. The summed E-state index contributed by atoms with van der Waals surface area (Å²) in [6.45, 7) is 7.91. The number of aryl methyl sites for hydroxylation is 1. The molecule has 24 heavy (non-hydrogen) atoms. The zero-order chi connectivity index (χ0) is 17.4. The lowest BCUT2D eigenvalue weighted by Crippen LogP contribution is -2.48. The second-order valence-electron chi connectivity index (χ2n) is 6.62. The SMILES string of the molecule is CN=C(NCC(C)c1cccc(C)c1)NCC1(SC)CCOCC1. The number of aliphatic imine (C=N–C) groups is 1. The van der Waals surface area contributed by atoms with Crippen molar-refractivity contribution in [2.75, 3.05) is 39.6 Å². The lowest BCUT2D eigenvalue weighted by molar-refractivity contribution is 0.0783. The van der Waals surface area contributed by atoms with E-state index in [9.17, 15) is 0 Å². The van der Waals surface area contributed by atoms with Gasteiger partial charge in [-0.2, -0.15) is 11.8 Å². The summed E-state index contributed by atoms with van der Waals surface area (Å²) in [6, 6.07) is 8.72. The van der Waals surface area contributed by atoms with Gasteiger partial charge in [0.2, 0.25) is 0 Å². The molecular formula is C19H31N3OS. The van der Waals surface area contributed by atoms with Crippen molar-refractivity contribution in [3.05, 3.63) is 35.4 Å². The van der Waals surface area contributed by atoms with Crippen LogP contribution in [0.4, 0.5) is 0 Å². The van der Waals surface area contributed by atoms with Gasteiger partial charge in [0.25, 0.3) is 0 Å². The molecule has 1 unspecified atom stereocenters. The number of thioether (sulfide) groups is 1. The van der Waals surface area contributed by atoms with Crippen molar-refractivity contribution in [2.45, 2.75) is 37.4 Å². The fraction of sp³-hybridized carbons (Fsp3) is 0.632. The Morgan fingerprint density at radius 3 is 2.71 bits per heavy atom. The van der Waals surface area contributed by atoms with Crippen molar-refractivity contribution < 1.29 is 4.74 Å². The van der Waals surface area contributed by atoms with Crippen molar-refractivity contribution in [2.24, 2.45) is 4.99 Å². The maximum absolute atomic E-state index is 5.51. The third-order valence-corrected chi connectivity index (χ3v) is 6.24. The van der Waals surface area contributed by atoms with Gasteiger partial charge in [0.05, 0.1) is 0 Å². The Kier molecular flexibility index (Phi) is 7.43. The van der Waals surface area contributed by atoms with E-state index in [1.807, 2.05) is 18.8 Å². The number of hydrogen-bond acceptors (Lipinski definition) is 3. The van der Waals surface area contributed by atoms with Crippen LogP contribution in [0.2, 0.25) is 0 Å². The van der Waals surface area contributed by atoms with Crippen LogP contribution in [0.25, 0.3) is 0 Å². The molecule has 2 rings (SSSR count). The average Bonchev–Trinajstić information content (AvgIpc) is 2.62. The van der Waals surface area contributed by atoms with Crippen molar-refractivity contribution in [3.63, 3.8) is 0 Å². The molecule has 1 saturated heterocycles. The summed E-state index contributed by atoms with van der Waals surface area (Å²) >= 11 is 1.94. The Hall–Kier alpha value is -1.20. The monoisotopic (exact) mass is 349 g/mol. The Bertz CT molecular complexity index is 541. The number of nitrogens with one attached hydrogen (secondary N) is 2. The van der Waals surface area contributed by atoms with Crippen molar-refractivity contribution in [3.8, 4) is 0 Å². The van der Waals surface area contributed by atoms with E-state index in [2.05, 4.69) is 60.0 Å². The zero-order valence-corrected chi connectivity index (χ0v) is 16.2. The number of hydrogen-bond donors (Lipinski definition) is 2. The van der Waals surface area contributed by atoms with Crippen LogP contribution in [0.15, 0.2) is 29.3 Å². The quantitative estimate of drug-likeness (QED) is 0.612. The fourth-order valence-corrected chi connectivity index (χ4v) is 3.80. The van der Waals surface area contributed by atoms with E-state index in [1.54, 1.807) is 0 Å². The van der Waals surface area contributed by atoms with Gasteiger partial charge in [-0.15, -0.1) is 0 Å². The van der Waals surface area contributed by atoms with Crippen LogP contribution in [0.1, 0.15) is 36.8 Å². The third kappa shape index (κ3) is 5.42. The predicted molar refractivity (Wildman–Crippen MR) is 105 cm³/mol. The number of benzene rings is 1. The summed E-state index contributed by atoms with van der Waals surface area (Å²) in [6.07, 6.45) is 4.39. The number of guanidine groups is 1. The molecule has 1 aliphatic heterocycles. The molecular weight excluding hydrogens is 318 g/mol. The Morgan fingerprint density at radius 1 is 1.33 bits per heavy atom. The summed E-state index contributed by atoms with van der Waals surface area (Å²) in [7, 11) is 1.84. The highest BCUT2D eigenvalue weighted by Crippen LogP contribution is 2.32. The van der Waals surface area contributed by atoms with Crippen molar-refractivity contribution >= 4 is 17.7 Å². The van der Waals surface area contributed by atoms with Gasteiger partial charge >= 0.3 is 0 Å². The highest BCUT2D eigenvalue weighted by Gasteiger charge is 2.31. The van der Waals surface area contributed by atoms with Crippen LogP contribution >= 0.6 is 11.8 Å². The van der Waals surface area contributed by atoms with E-state index in [0.717, 1.165) is 45.1 Å². The molecule has 5 heteroatoms. The lowest BCUT2D eigenvalue weighted by atomic mass is 9.99.